The topological polar surface area (TPSA) is 92.3 Å². The third-order valence-corrected chi connectivity index (χ3v) is 7.24. The Bertz CT molecular complexity index is 1670. The van der Waals surface area contributed by atoms with Gasteiger partial charge in [-0.15, -0.1) is 0 Å². The first-order chi connectivity index (χ1) is 18.8. The van der Waals surface area contributed by atoms with Gasteiger partial charge in [-0.1, -0.05) is 6.92 Å². The van der Waals surface area contributed by atoms with Crippen LogP contribution in [0.3, 0.4) is 0 Å². The molecule has 0 amide bonds. The molecule has 4 aromatic heterocycles. The fourth-order valence-electron chi connectivity index (χ4n) is 5.31. The Balaban J connectivity index is 1.34. The minimum Gasteiger partial charge on any atom is -0.354 e. The molecule has 5 aromatic rings. The molecule has 0 unspecified atom stereocenters. The van der Waals surface area contributed by atoms with Crippen LogP contribution in [-0.4, -0.2) is 71.5 Å². The van der Waals surface area contributed by atoms with Gasteiger partial charge in [-0.25, -0.2) is 33.7 Å². The molecule has 0 spiro atoms. The lowest BCUT2D eigenvalue weighted by atomic mass is 10.1. The molecular formula is C27H30F2N10. The van der Waals surface area contributed by atoms with Gasteiger partial charge in [0.2, 0.25) is 5.95 Å². The fraction of sp³-hybridized carbons (Fsp3) is 0.370. The lowest BCUT2D eigenvalue weighted by Gasteiger charge is -2.35. The summed E-state index contributed by atoms with van der Waals surface area (Å²) in [6.07, 6.45) is 6.46. The number of piperazine rings is 1. The highest BCUT2D eigenvalue weighted by atomic mass is 19.1. The number of hydrogen-bond donors (Lipinski definition) is 1. The zero-order chi connectivity index (χ0) is 27.3. The van der Waals surface area contributed by atoms with Gasteiger partial charge in [0.15, 0.2) is 23.1 Å². The Labute approximate surface area is 224 Å². The lowest BCUT2D eigenvalue weighted by molar-refractivity contribution is 0.270. The Morgan fingerprint density at radius 1 is 0.974 bits per heavy atom. The zero-order valence-corrected chi connectivity index (χ0v) is 22.4. The number of aryl methyl sites for hydroxylation is 1. The Morgan fingerprint density at radius 3 is 2.51 bits per heavy atom. The minimum atomic E-state index is -0.660. The number of imidazole rings is 2. The summed E-state index contributed by atoms with van der Waals surface area (Å²) in [7, 11) is 0. The molecule has 202 valence electrons. The largest absolute Gasteiger partial charge is 0.354 e. The zero-order valence-electron chi connectivity index (χ0n) is 22.4. The highest BCUT2D eigenvalue weighted by Gasteiger charge is 2.21. The van der Waals surface area contributed by atoms with Gasteiger partial charge in [-0.05, 0) is 39.4 Å². The lowest BCUT2D eigenvalue weighted by Crippen LogP contribution is -2.46. The molecular weight excluding hydrogens is 502 g/mol. The number of anilines is 3. The van der Waals surface area contributed by atoms with E-state index in [1.807, 2.05) is 35.9 Å². The van der Waals surface area contributed by atoms with Gasteiger partial charge < -0.3 is 19.7 Å². The first-order valence-corrected chi connectivity index (χ1v) is 13.1. The molecule has 10 nitrogen and oxygen atoms in total. The second kappa shape index (κ2) is 9.84. The van der Waals surface area contributed by atoms with Crippen molar-refractivity contribution in [3.8, 4) is 11.3 Å². The van der Waals surface area contributed by atoms with Crippen molar-refractivity contribution >= 4 is 34.3 Å². The van der Waals surface area contributed by atoms with E-state index < -0.39 is 11.6 Å². The molecule has 1 N–H and O–H groups in total. The number of aromatic nitrogens is 7. The first kappa shape index (κ1) is 25.1. The summed E-state index contributed by atoms with van der Waals surface area (Å²) in [6, 6.07) is 3.03. The SMILES string of the molecule is CCN1CCN(c2cnc(Nc3ncc(F)c(-c4cc(F)c5nc(C)n(C(C)C)c5c4)n3)c3nccn23)CC1. The quantitative estimate of drug-likeness (QED) is 0.340. The van der Waals surface area contributed by atoms with Crippen LogP contribution in [0.4, 0.5) is 26.4 Å². The van der Waals surface area contributed by atoms with Gasteiger partial charge in [0.1, 0.15) is 22.9 Å². The van der Waals surface area contributed by atoms with E-state index >= 15 is 4.39 Å². The van der Waals surface area contributed by atoms with Crippen molar-refractivity contribution in [3.05, 3.63) is 54.4 Å². The monoisotopic (exact) mass is 532 g/mol. The maximum Gasteiger partial charge on any atom is 0.229 e. The summed E-state index contributed by atoms with van der Waals surface area (Å²) in [4.78, 5) is 26.7. The predicted octanol–water partition coefficient (Wildman–Crippen LogP) is 4.59. The molecule has 0 saturated carbocycles. The number of rotatable bonds is 6. The van der Waals surface area contributed by atoms with Crippen LogP contribution in [-0.2, 0) is 0 Å². The molecule has 0 radical (unpaired) electrons. The van der Waals surface area contributed by atoms with Crippen molar-refractivity contribution in [1.82, 2.24) is 38.8 Å². The minimum absolute atomic E-state index is 0.0211. The molecule has 1 fully saturated rings. The summed E-state index contributed by atoms with van der Waals surface area (Å²) >= 11 is 0. The number of fused-ring (bicyclic) bond motifs is 2. The second-order valence-corrected chi connectivity index (χ2v) is 9.97. The Hall–Kier alpha value is -4.19. The summed E-state index contributed by atoms with van der Waals surface area (Å²) in [5.74, 6) is 1.00. The number of halogens is 2. The molecule has 0 bridgehead atoms. The number of nitrogens with one attached hydrogen (secondary N) is 1. The molecule has 12 heteroatoms. The van der Waals surface area contributed by atoms with E-state index in [1.54, 1.807) is 18.5 Å². The van der Waals surface area contributed by atoms with Crippen molar-refractivity contribution in [2.24, 2.45) is 0 Å². The van der Waals surface area contributed by atoms with E-state index in [0.29, 0.717) is 28.4 Å². The summed E-state index contributed by atoms with van der Waals surface area (Å²) in [5.41, 5.74) is 1.71. The third kappa shape index (κ3) is 4.44. The van der Waals surface area contributed by atoms with Crippen LogP contribution in [0.2, 0.25) is 0 Å². The van der Waals surface area contributed by atoms with Crippen molar-refractivity contribution < 1.29 is 8.78 Å². The molecule has 0 atom stereocenters. The first-order valence-electron chi connectivity index (χ1n) is 13.1. The fourth-order valence-corrected chi connectivity index (χ4v) is 5.31. The van der Waals surface area contributed by atoms with Crippen LogP contribution in [0.5, 0.6) is 0 Å². The van der Waals surface area contributed by atoms with Crippen LogP contribution in [0.15, 0.2) is 36.9 Å². The molecule has 39 heavy (non-hydrogen) atoms. The van der Waals surface area contributed by atoms with Crippen molar-refractivity contribution in [2.75, 3.05) is 42.9 Å². The maximum absolute atomic E-state index is 15.1. The van der Waals surface area contributed by atoms with Gasteiger partial charge in [0, 0.05) is 50.2 Å². The average Bonchev–Trinajstić information content (AvgIpc) is 3.55. The van der Waals surface area contributed by atoms with Gasteiger partial charge in [-0.3, -0.25) is 4.40 Å². The van der Waals surface area contributed by atoms with Crippen LogP contribution < -0.4 is 10.2 Å². The van der Waals surface area contributed by atoms with E-state index in [1.165, 1.54) is 6.07 Å². The third-order valence-electron chi connectivity index (χ3n) is 7.24. The maximum atomic E-state index is 15.1. The normalized spacial score (nSPS) is 14.7. The number of benzene rings is 1. The van der Waals surface area contributed by atoms with Gasteiger partial charge >= 0.3 is 0 Å². The highest BCUT2D eigenvalue weighted by molar-refractivity contribution is 5.83. The van der Waals surface area contributed by atoms with Crippen molar-refractivity contribution in [2.45, 2.75) is 33.7 Å². The van der Waals surface area contributed by atoms with Gasteiger partial charge in [-0.2, -0.15) is 0 Å². The molecule has 1 aliphatic heterocycles. The molecule has 0 aliphatic carbocycles. The van der Waals surface area contributed by atoms with E-state index in [9.17, 15) is 4.39 Å². The predicted molar refractivity (Wildman–Crippen MR) is 146 cm³/mol. The van der Waals surface area contributed by atoms with Crippen LogP contribution in [0.1, 0.15) is 32.6 Å². The van der Waals surface area contributed by atoms with E-state index in [-0.39, 0.29) is 23.2 Å². The number of nitrogens with zero attached hydrogens (tertiary/aromatic N) is 9. The molecule has 1 saturated heterocycles. The van der Waals surface area contributed by atoms with Crippen molar-refractivity contribution in [3.63, 3.8) is 0 Å². The summed E-state index contributed by atoms with van der Waals surface area (Å²) < 4.78 is 33.9. The summed E-state index contributed by atoms with van der Waals surface area (Å²) in [5, 5.41) is 3.08. The summed E-state index contributed by atoms with van der Waals surface area (Å²) in [6.45, 7) is 12.8. The second-order valence-electron chi connectivity index (χ2n) is 9.97. The number of likely N-dealkylation sites (N-methyl/N-ethyl adjacent to an activating group) is 1. The van der Waals surface area contributed by atoms with E-state index in [4.69, 9.17) is 0 Å². The van der Waals surface area contributed by atoms with E-state index in [0.717, 1.165) is 44.7 Å². The molecule has 1 aliphatic rings. The Kier molecular flexibility index (Phi) is 6.34. The van der Waals surface area contributed by atoms with Gasteiger partial charge in [0.05, 0.1) is 17.9 Å². The van der Waals surface area contributed by atoms with Crippen LogP contribution in [0, 0.1) is 18.6 Å². The average molecular weight is 533 g/mol. The molecule has 6 rings (SSSR count). The van der Waals surface area contributed by atoms with E-state index in [2.05, 4.69) is 47.0 Å². The highest BCUT2D eigenvalue weighted by Crippen LogP contribution is 2.31. The molecule has 1 aromatic carbocycles. The van der Waals surface area contributed by atoms with Crippen molar-refractivity contribution in [1.29, 1.82) is 0 Å². The van der Waals surface area contributed by atoms with Crippen LogP contribution >= 0.6 is 0 Å². The Morgan fingerprint density at radius 2 is 1.77 bits per heavy atom. The molecule has 5 heterocycles. The number of hydrogen-bond acceptors (Lipinski definition) is 8. The van der Waals surface area contributed by atoms with Gasteiger partial charge in [0.25, 0.3) is 0 Å². The van der Waals surface area contributed by atoms with Crippen LogP contribution in [0.25, 0.3) is 27.9 Å². The standard InChI is InChI=1S/C27H30F2N10/c1-5-36-8-10-37(11-9-36)22-15-31-25(26-30-6-7-38(22)26)35-27-32-14-20(29)23(34-27)18-12-19(28)24-21(13-18)39(16(2)3)17(4)33-24/h6-7,12-16H,5,8-11H2,1-4H3,(H,31,32,34,35). The smallest absolute Gasteiger partial charge is 0.229 e.